The number of nitrogens with zero attached hydrogens (tertiary/aromatic N) is 2. The zero-order valence-electron chi connectivity index (χ0n) is 14.8. The van der Waals surface area contributed by atoms with Crippen LogP contribution in [0, 0.1) is 10.1 Å². The highest BCUT2D eigenvalue weighted by atomic mass is 16.6. The van der Waals surface area contributed by atoms with Crippen molar-refractivity contribution in [2.24, 2.45) is 0 Å². The molecule has 1 N–H and O–H groups in total. The molecule has 26 heavy (non-hydrogen) atoms. The first-order valence-electron chi connectivity index (χ1n) is 8.40. The number of non-ortho nitro benzene ring substituents is 1. The van der Waals surface area contributed by atoms with Gasteiger partial charge in [-0.3, -0.25) is 14.9 Å². The molecular weight excluding hydrogens is 334 g/mol. The van der Waals surface area contributed by atoms with E-state index in [2.05, 4.69) is 5.32 Å². The first-order chi connectivity index (χ1) is 12.5. The molecule has 2 aromatic rings. The van der Waals surface area contributed by atoms with Crippen LogP contribution in [-0.2, 0) is 10.4 Å². The van der Waals surface area contributed by atoms with Crippen LogP contribution in [0.5, 0.6) is 0 Å². The highest BCUT2D eigenvalue weighted by Crippen LogP contribution is 2.38. The molecule has 3 rings (SSSR count). The van der Waals surface area contributed by atoms with Crippen LogP contribution in [-0.4, -0.2) is 36.0 Å². The number of carbonyl (C=O) groups is 1. The minimum Gasteiger partial charge on any atom is -0.385 e. The van der Waals surface area contributed by atoms with Crippen molar-refractivity contribution in [3.63, 3.8) is 0 Å². The average Bonchev–Trinajstić information content (AvgIpc) is 2.64. The number of hydrogen-bond acceptors (Lipinski definition) is 5. The summed E-state index contributed by atoms with van der Waals surface area (Å²) in [5.74, 6) is -0.107. The summed E-state index contributed by atoms with van der Waals surface area (Å²) in [5.41, 5.74) is 1.06. The van der Waals surface area contributed by atoms with Gasteiger partial charge in [0, 0.05) is 43.6 Å². The molecule has 1 heterocycles. The van der Waals surface area contributed by atoms with E-state index in [9.17, 15) is 14.9 Å². The minimum atomic E-state index is -0.898. The number of carbonyl (C=O) groups excluding carboxylic acids is 1. The Morgan fingerprint density at radius 2 is 2.00 bits per heavy atom. The van der Waals surface area contributed by atoms with Gasteiger partial charge in [-0.25, -0.2) is 0 Å². The van der Waals surface area contributed by atoms with Gasteiger partial charge in [0.2, 0.25) is 0 Å². The first-order valence-corrected chi connectivity index (χ1v) is 8.40. The lowest BCUT2D eigenvalue weighted by Gasteiger charge is -2.46. The van der Waals surface area contributed by atoms with Gasteiger partial charge in [-0.1, -0.05) is 24.3 Å². The number of anilines is 1. The van der Waals surface area contributed by atoms with Crippen molar-refractivity contribution < 1.29 is 14.5 Å². The van der Waals surface area contributed by atoms with Crippen molar-refractivity contribution in [3.8, 4) is 0 Å². The number of nitro groups is 1. The maximum absolute atomic E-state index is 13.1. The molecule has 0 spiro atoms. The van der Waals surface area contributed by atoms with Crippen molar-refractivity contribution in [2.75, 3.05) is 25.6 Å². The highest BCUT2D eigenvalue weighted by molar-refractivity contribution is 6.02. The zero-order chi connectivity index (χ0) is 18.7. The molecule has 1 unspecified atom stereocenters. The van der Waals surface area contributed by atoms with E-state index in [0.29, 0.717) is 30.7 Å². The number of hydrogen-bond donors (Lipinski definition) is 1. The Labute approximate surface area is 151 Å². The second-order valence-corrected chi connectivity index (χ2v) is 6.35. The second-order valence-electron chi connectivity index (χ2n) is 6.35. The van der Waals surface area contributed by atoms with Crippen molar-refractivity contribution in [3.05, 3.63) is 69.8 Å². The number of amides is 1. The summed E-state index contributed by atoms with van der Waals surface area (Å²) in [6.07, 6.45) is 0.663. The Bertz CT molecular complexity index is 839. The Hall–Kier alpha value is -2.93. The smallest absolute Gasteiger partial charge is 0.269 e. The fraction of sp³-hybridized carbons (Fsp3) is 0.316. The fourth-order valence-corrected chi connectivity index (χ4v) is 3.30. The van der Waals surface area contributed by atoms with E-state index >= 15 is 0 Å². The molecule has 136 valence electrons. The van der Waals surface area contributed by atoms with Crippen molar-refractivity contribution in [1.29, 1.82) is 0 Å². The number of methoxy groups -OCH3 is 1. The molecule has 7 heteroatoms. The van der Waals surface area contributed by atoms with Crippen LogP contribution in [0.2, 0.25) is 0 Å². The number of ether oxygens (including phenoxy) is 1. The van der Waals surface area contributed by atoms with Gasteiger partial charge in [0.05, 0.1) is 10.5 Å². The summed E-state index contributed by atoms with van der Waals surface area (Å²) >= 11 is 0. The molecule has 1 amide bonds. The van der Waals surface area contributed by atoms with Gasteiger partial charge in [-0.2, -0.15) is 0 Å². The lowest BCUT2D eigenvalue weighted by molar-refractivity contribution is -0.385. The summed E-state index contributed by atoms with van der Waals surface area (Å²) in [7, 11) is 1.62. The normalized spacial score (nSPS) is 19.0. The van der Waals surface area contributed by atoms with E-state index < -0.39 is 10.6 Å². The molecule has 0 saturated carbocycles. The first kappa shape index (κ1) is 17.9. The van der Waals surface area contributed by atoms with Crippen LogP contribution >= 0.6 is 0 Å². The molecule has 1 aliphatic rings. The van der Waals surface area contributed by atoms with Crippen molar-refractivity contribution in [2.45, 2.75) is 19.0 Å². The SMILES string of the molecule is COCCCN1C(=O)c2ccccc2NC1(C)c1cccc([N+](=O)[O-])c1. The van der Waals surface area contributed by atoms with Gasteiger partial charge in [0.15, 0.2) is 0 Å². The molecule has 1 atom stereocenters. The van der Waals surface area contributed by atoms with Gasteiger partial charge >= 0.3 is 0 Å². The number of nitrogens with one attached hydrogen (secondary N) is 1. The molecule has 0 radical (unpaired) electrons. The number of benzene rings is 2. The predicted molar refractivity (Wildman–Crippen MR) is 98.0 cm³/mol. The summed E-state index contributed by atoms with van der Waals surface area (Å²) in [5, 5.41) is 14.6. The third kappa shape index (κ3) is 3.13. The van der Waals surface area contributed by atoms with E-state index in [1.165, 1.54) is 12.1 Å². The number of fused-ring (bicyclic) bond motifs is 1. The molecule has 0 bridgehead atoms. The van der Waals surface area contributed by atoms with Crippen LogP contribution in [0.4, 0.5) is 11.4 Å². The van der Waals surface area contributed by atoms with Crippen LogP contribution in [0.3, 0.4) is 0 Å². The number of rotatable bonds is 6. The minimum absolute atomic E-state index is 0.00586. The van der Waals surface area contributed by atoms with Crippen LogP contribution in [0.25, 0.3) is 0 Å². The van der Waals surface area contributed by atoms with Crippen LogP contribution in [0.15, 0.2) is 48.5 Å². The lowest BCUT2D eigenvalue weighted by Crippen LogP contribution is -2.56. The second kappa shape index (κ2) is 7.13. The van der Waals surface area contributed by atoms with Gasteiger partial charge in [-0.15, -0.1) is 0 Å². The van der Waals surface area contributed by atoms with Crippen molar-refractivity contribution >= 4 is 17.3 Å². The van der Waals surface area contributed by atoms with E-state index in [1.807, 2.05) is 25.1 Å². The number of para-hydroxylation sites is 1. The fourth-order valence-electron chi connectivity index (χ4n) is 3.30. The summed E-state index contributed by atoms with van der Waals surface area (Å²) in [6.45, 7) is 2.86. The molecular formula is C19H21N3O4. The maximum Gasteiger partial charge on any atom is 0.269 e. The van der Waals surface area contributed by atoms with E-state index in [1.54, 1.807) is 30.2 Å². The topological polar surface area (TPSA) is 84.7 Å². The molecule has 7 nitrogen and oxygen atoms in total. The average molecular weight is 355 g/mol. The summed E-state index contributed by atoms with van der Waals surface area (Å²) in [4.78, 5) is 25.6. The third-order valence-electron chi connectivity index (χ3n) is 4.67. The molecule has 0 aliphatic carbocycles. The van der Waals surface area contributed by atoms with Gasteiger partial charge in [0.25, 0.3) is 11.6 Å². The Morgan fingerprint density at radius 1 is 1.23 bits per heavy atom. The van der Waals surface area contributed by atoms with E-state index in [-0.39, 0.29) is 11.6 Å². The highest BCUT2D eigenvalue weighted by Gasteiger charge is 2.42. The largest absolute Gasteiger partial charge is 0.385 e. The van der Waals surface area contributed by atoms with Crippen LogP contribution in [0.1, 0.15) is 29.3 Å². The molecule has 0 aromatic heterocycles. The van der Waals surface area contributed by atoms with Crippen molar-refractivity contribution in [1.82, 2.24) is 4.90 Å². The Kier molecular flexibility index (Phi) is 4.90. The standard InChI is InChI=1S/C19H21N3O4/c1-19(14-7-5-8-15(13-14)22(24)25)20-17-10-4-3-9-16(17)18(23)21(19)11-6-12-26-2/h3-5,7-10,13,20H,6,11-12H2,1-2H3. The van der Waals surface area contributed by atoms with Crippen LogP contribution < -0.4 is 5.32 Å². The van der Waals surface area contributed by atoms with Gasteiger partial charge in [-0.05, 0) is 25.5 Å². The summed E-state index contributed by atoms with van der Waals surface area (Å²) in [6, 6.07) is 13.7. The maximum atomic E-state index is 13.1. The Morgan fingerprint density at radius 3 is 2.73 bits per heavy atom. The monoisotopic (exact) mass is 355 g/mol. The Balaban J connectivity index is 2.07. The molecule has 0 fully saturated rings. The molecule has 0 saturated heterocycles. The predicted octanol–water partition coefficient (Wildman–Crippen LogP) is 3.37. The van der Waals surface area contributed by atoms with Gasteiger partial charge < -0.3 is 15.0 Å². The molecule has 1 aliphatic heterocycles. The number of nitro benzene ring substituents is 1. The summed E-state index contributed by atoms with van der Waals surface area (Å²) < 4.78 is 5.11. The van der Waals surface area contributed by atoms with Gasteiger partial charge in [0.1, 0.15) is 5.66 Å². The third-order valence-corrected chi connectivity index (χ3v) is 4.67. The van der Waals surface area contributed by atoms with E-state index in [0.717, 1.165) is 5.69 Å². The van der Waals surface area contributed by atoms with E-state index in [4.69, 9.17) is 4.74 Å². The zero-order valence-corrected chi connectivity index (χ0v) is 14.8. The quantitative estimate of drug-likeness (QED) is 0.488. The lowest BCUT2D eigenvalue weighted by atomic mass is 9.93. The molecule has 2 aromatic carbocycles.